The second kappa shape index (κ2) is 16.9. The molecule has 0 saturated heterocycles. The number of hydrogen-bond donors (Lipinski definition) is 1. The molecule has 0 aliphatic heterocycles. The normalized spacial score (nSPS) is 15.0. The van der Waals surface area contributed by atoms with Gasteiger partial charge in [-0.15, -0.1) is 0 Å². The summed E-state index contributed by atoms with van der Waals surface area (Å²) in [5.74, 6) is -2.14. The van der Waals surface area contributed by atoms with E-state index in [0.717, 1.165) is 12.8 Å². The summed E-state index contributed by atoms with van der Waals surface area (Å²) in [6, 6.07) is 3.73. The van der Waals surface area contributed by atoms with Gasteiger partial charge in [0.25, 0.3) is 0 Å². The van der Waals surface area contributed by atoms with Gasteiger partial charge in [0.2, 0.25) is 0 Å². The lowest BCUT2D eigenvalue weighted by Gasteiger charge is -2.23. The number of carbonyl (C=O) groups is 4. The zero-order chi connectivity index (χ0) is 29.7. The van der Waals surface area contributed by atoms with Crippen molar-refractivity contribution in [2.45, 2.75) is 112 Å². The molecule has 39 heavy (non-hydrogen) atoms. The Morgan fingerprint density at radius 1 is 0.744 bits per heavy atom. The zero-order valence-corrected chi connectivity index (χ0v) is 24.8. The van der Waals surface area contributed by atoms with Crippen molar-refractivity contribution in [1.29, 1.82) is 0 Å². The molecule has 3 unspecified atom stereocenters. The van der Waals surface area contributed by atoms with Gasteiger partial charge in [-0.2, -0.15) is 0 Å². The van der Waals surface area contributed by atoms with Gasteiger partial charge in [0.1, 0.15) is 18.2 Å². The molecule has 0 radical (unpaired) electrons. The smallest absolute Gasteiger partial charge is 0.323 e. The van der Waals surface area contributed by atoms with Crippen LogP contribution in [0.1, 0.15) is 93.1 Å². The Labute approximate surface area is 233 Å². The first kappa shape index (κ1) is 34.1. The van der Waals surface area contributed by atoms with Crippen LogP contribution in [0.15, 0.2) is 18.2 Å². The van der Waals surface area contributed by atoms with Gasteiger partial charge in [-0.25, -0.2) is 0 Å². The quantitative estimate of drug-likeness (QED) is 0.220. The minimum absolute atomic E-state index is 0.0859. The number of benzene rings is 1. The highest BCUT2D eigenvalue weighted by atomic mass is 16.6. The lowest BCUT2D eigenvalue weighted by Crippen LogP contribution is -2.39. The van der Waals surface area contributed by atoms with Gasteiger partial charge in [0, 0.05) is 6.42 Å². The number of ether oxygens (including phenoxy) is 4. The fraction of sp³-hybridized carbons (Fsp3) is 0.667. The molecule has 9 heteroatoms. The fourth-order valence-electron chi connectivity index (χ4n) is 3.75. The minimum Gasteiger partial charge on any atom is -0.459 e. The molecule has 1 rings (SSSR count). The molecule has 0 fully saturated rings. The lowest BCUT2D eigenvalue weighted by molar-refractivity contribution is -0.166. The standard InChI is InChI=1S/C30H47NO8/c1-9-11-19(5)28(33)38-25-14-13-23(17-26(25)39-29(34)20(6)12-10-2)16-24(31)30(35)37-22(8)21(7)36-27(32)15-18(3)4/h13-14,17-22,24H,9-12,15-16,31H2,1-8H3/t19?,20?,21?,22-,24-/m0/s1. The van der Waals surface area contributed by atoms with Crippen LogP contribution in [-0.2, 0) is 35.1 Å². The van der Waals surface area contributed by atoms with E-state index in [9.17, 15) is 19.2 Å². The summed E-state index contributed by atoms with van der Waals surface area (Å²) in [6.45, 7) is 14.6. The molecular weight excluding hydrogens is 502 g/mol. The predicted molar refractivity (Wildman–Crippen MR) is 148 cm³/mol. The van der Waals surface area contributed by atoms with Gasteiger partial charge in [0.05, 0.1) is 11.8 Å². The Kier molecular flexibility index (Phi) is 14.8. The van der Waals surface area contributed by atoms with E-state index >= 15 is 0 Å². The second-order valence-corrected chi connectivity index (χ2v) is 10.7. The van der Waals surface area contributed by atoms with Crippen molar-refractivity contribution in [2.24, 2.45) is 23.5 Å². The number of nitrogens with two attached hydrogens (primary N) is 1. The number of rotatable bonds is 16. The zero-order valence-electron chi connectivity index (χ0n) is 24.8. The first-order valence-corrected chi connectivity index (χ1v) is 14.0. The highest BCUT2D eigenvalue weighted by Crippen LogP contribution is 2.31. The van der Waals surface area contributed by atoms with Gasteiger partial charge in [0.15, 0.2) is 11.5 Å². The predicted octanol–water partition coefficient (Wildman–Crippen LogP) is 5.15. The third-order valence-corrected chi connectivity index (χ3v) is 6.29. The molecule has 2 N–H and O–H groups in total. The van der Waals surface area contributed by atoms with E-state index in [1.807, 2.05) is 27.7 Å². The van der Waals surface area contributed by atoms with E-state index < -0.39 is 36.2 Å². The minimum atomic E-state index is -1.02. The van der Waals surface area contributed by atoms with E-state index in [2.05, 4.69) is 0 Å². The van der Waals surface area contributed by atoms with Crippen LogP contribution in [0.4, 0.5) is 0 Å². The van der Waals surface area contributed by atoms with Gasteiger partial charge in [-0.3, -0.25) is 19.2 Å². The summed E-state index contributed by atoms with van der Waals surface area (Å²) < 4.78 is 22.0. The average molecular weight is 550 g/mol. The Hall–Kier alpha value is -2.94. The molecule has 0 saturated carbocycles. The maximum absolute atomic E-state index is 12.7. The molecule has 0 aromatic heterocycles. The number of esters is 4. The highest BCUT2D eigenvalue weighted by molar-refractivity contribution is 5.79. The van der Waals surface area contributed by atoms with Crippen LogP contribution >= 0.6 is 0 Å². The molecule has 0 aliphatic carbocycles. The van der Waals surface area contributed by atoms with Crippen molar-refractivity contribution in [3.05, 3.63) is 23.8 Å². The molecule has 0 aliphatic rings. The monoisotopic (exact) mass is 549 g/mol. The molecule has 1 aromatic carbocycles. The van der Waals surface area contributed by atoms with E-state index in [1.165, 1.54) is 6.07 Å². The summed E-state index contributed by atoms with van der Waals surface area (Å²) in [7, 11) is 0. The molecule has 0 heterocycles. The summed E-state index contributed by atoms with van der Waals surface area (Å²) in [5.41, 5.74) is 6.71. The largest absolute Gasteiger partial charge is 0.459 e. The van der Waals surface area contributed by atoms with E-state index in [0.29, 0.717) is 18.4 Å². The van der Waals surface area contributed by atoms with Crippen LogP contribution in [0.5, 0.6) is 11.5 Å². The Bertz CT molecular complexity index is 960. The molecule has 1 aromatic rings. The highest BCUT2D eigenvalue weighted by Gasteiger charge is 2.26. The fourth-order valence-corrected chi connectivity index (χ4v) is 3.75. The van der Waals surface area contributed by atoms with Crippen molar-refractivity contribution in [3.8, 4) is 11.5 Å². The first-order chi connectivity index (χ1) is 18.3. The Balaban J connectivity index is 2.98. The average Bonchev–Trinajstić information content (AvgIpc) is 2.84. The molecule has 5 atom stereocenters. The van der Waals surface area contributed by atoms with Gasteiger partial charge in [-0.05, 0) is 56.7 Å². The van der Waals surface area contributed by atoms with E-state index in [1.54, 1.807) is 39.8 Å². The molecule has 0 amide bonds. The summed E-state index contributed by atoms with van der Waals surface area (Å²) >= 11 is 0. The summed E-state index contributed by atoms with van der Waals surface area (Å²) in [6.07, 6.45) is 2.01. The maximum Gasteiger partial charge on any atom is 0.323 e. The molecule has 9 nitrogen and oxygen atoms in total. The van der Waals surface area contributed by atoms with Crippen molar-refractivity contribution in [3.63, 3.8) is 0 Å². The van der Waals surface area contributed by atoms with Crippen molar-refractivity contribution < 1.29 is 38.1 Å². The number of carbonyl (C=O) groups excluding carboxylic acids is 4. The lowest BCUT2D eigenvalue weighted by atomic mass is 10.0. The number of hydrogen-bond acceptors (Lipinski definition) is 9. The third-order valence-electron chi connectivity index (χ3n) is 6.29. The van der Waals surface area contributed by atoms with Crippen LogP contribution < -0.4 is 15.2 Å². The van der Waals surface area contributed by atoms with Crippen LogP contribution in [0.3, 0.4) is 0 Å². The van der Waals surface area contributed by atoms with Crippen LogP contribution in [-0.4, -0.2) is 42.1 Å². The maximum atomic E-state index is 12.7. The van der Waals surface area contributed by atoms with Crippen molar-refractivity contribution in [2.75, 3.05) is 0 Å². The molecule has 0 spiro atoms. The van der Waals surface area contributed by atoms with Crippen molar-refractivity contribution in [1.82, 2.24) is 0 Å². The van der Waals surface area contributed by atoms with Crippen molar-refractivity contribution >= 4 is 23.9 Å². The van der Waals surface area contributed by atoms with Gasteiger partial charge < -0.3 is 24.7 Å². The molecule has 220 valence electrons. The first-order valence-electron chi connectivity index (χ1n) is 14.0. The third kappa shape index (κ3) is 12.2. The Morgan fingerprint density at radius 2 is 1.26 bits per heavy atom. The van der Waals surface area contributed by atoms with E-state index in [-0.39, 0.29) is 48.1 Å². The topological polar surface area (TPSA) is 131 Å². The Morgan fingerprint density at radius 3 is 1.77 bits per heavy atom. The van der Waals surface area contributed by atoms with Crippen LogP contribution in [0.25, 0.3) is 0 Å². The molecule has 0 bridgehead atoms. The van der Waals surface area contributed by atoms with Gasteiger partial charge >= 0.3 is 23.9 Å². The molecular formula is C30H47NO8. The summed E-state index contributed by atoms with van der Waals surface area (Å²) in [5, 5.41) is 0. The summed E-state index contributed by atoms with van der Waals surface area (Å²) in [4.78, 5) is 49.8. The van der Waals surface area contributed by atoms with Crippen LogP contribution in [0, 0.1) is 17.8 Å². The van der Waals surface area contributed by atoms with Gasteiger partial charge in [-0.1, -0.05) is 60.5 Å². The van der Waals surface area contributed by atoms with Crippen LogP contribution in [0.2, 0.25) is 0 Å². The van der Waals surface area contributed by atoms with E-state index in [4.69, 9.17) is 24.7 Å². The SMILES string of the molecule is CCCC(C)C(=O)Oc1ccc(C[C@H](N)C(=O)O[C@@H](C)C(C)OC(=O)CC(C)C)cc1OC(=O)C(C)CCC. The second-order valence-electron chi connectivity index (χ2n) is 10.7.